The average molecular weight is 270 g/mol. The predicted molar refractivity (Wildman–Crippen MR) is 72.1 cm³/mol. The number of anilines is 1. The monoisotopic (exact) mass is 269 g/mol. The van der Waals surface area contributed by atoms with Gasteiger partial charge in [-0.15, -0.1) is 0 Å². The first-order valence-electron chi connectivity index (χ1n) is 5.30. The Hall–Kier alpha value is -1.19. The highest BCUT2D eigenvalue weighted by atomic mass is 35.5. The quantitative estimate of drug-likeness (QED) is 0.899. The number of nitrogen functional groups attached to an aromatic ring is 1. The van der Waals surface area contributed by atoms with Gasteiger partial charge in [-0.2, -0.15) is 5.10 Å². The molecule has 0 radical (unpaired) electrons. The molecule has 0 amide bonds. The van der Waals surface area contributed by atoms with Crippen molar-refractivity contribution in [1.29, 1.82) is 0 Å². The van der Waals surface area contributed by atoms with Gasteiger partial charge >= 0.3 is 0 Å². The lowest BCUT2D eigenvalue weighted by molar-refractivity contribution is 0.771. The molecule has 2 rings (SSSR count). The molecule has 0 aliphatic rings. The van der Waals surface area contributed by atoms with Crippen LogP contribution in [0.5, 0.6) is 0 Å². The third-order valence-electron chi connectivity index (χ3n) is 2.48. The maximum atomic E-state index is 6.12. The van der Waals surface area contributed by atoms with Crippen molar-refractivity contribution in [1.82, 2.24) is 9.78 Å². The second kappa shape index (κ2) is 4.59. The molecule has 1 aromatic heterocycles. The van der Waals surface area contributed by atoms with E-state index in [0.29, 0.717) is 27.5 Å². The lowest BCUT2D eigenvalue weighted by Crippen LogP contribution is -2.03. The molecule has 0 spiro atoms. The van der Waals surface area contributed by atoms with Gasteiger partial charge in [0.2, 0.25) is 0 Å². The summed E-state index contributed by atoms with van der Waals surface area (Å²) in [5.74, 6) is 0.870. The molecule has 17 heavy (non-hydrogen) atoms. The Labute approximate surface area is 110 Å². The first-order valence-corrected chi connectivity index (χ1v) is 6.05. The van der Waals surface area contributed by atoms with Crippen LogP contribution in [0.25, 0.3) is 5.69 Å². The van der Waals surface area contributed by atoms with Gasteiger partial charge in [-0.25, -0.2) is 4.68 Å². The van der Waals surface area contributed by atoms with Crippen molar-refractivity contribution in [2.45, 2.75) is 19.8 Å². The predicted octanol–water partition coefficient (Wildman–Crippen LogP) is 3.88. The van der Waals surface area contributed by atoms with Crippen molar-refractivity contribution in [2.24, 2.45) is 0 Å². The van der Waals surface area contributed by atoms with Crippen LogP contribution in [0.3, 0.4) is 0 Å². The Morgan fingerprint density at radius 3 is 2.53 bits per heavy atom. The van der Waals surface area contributed by atoms with E-state index in [2.05, 4.69) is 18.9 Å². The van der Waals surface area contributed by atoms with Crippen LogP contribution in [-0.2, 0) is 0 Å². The molecule has 0 aliphatic heterocycles. The number of nitrogens with two attached hydrogens (primary N) is 1. The van der Waals surface area contributed by atoms with Crippen LogP contribution in [0.4, 0.5) is 5.82 Å². The second-order valence-electron chi connectivity index (χ2n) is 4.16. The number of nitrogens with zero attached hydrogens (tertiary/aromatic N) is 2. The maximum absolute atomic E-state index is 6.12. The molecule has 3 nitrogen and oxygen atoms in total. The minimum atomic E-state index is 0.316. The van der Waals surface area contributed by atoms with Gasteiger partial charge in [0.1, 0.15) is 5.82 Å². The fourth-order valence-corrected chi connectivity index (χ4v) is 1.90. The van der Waals surface area contributed by atoms with E-state index < -0.39 is 0 Å². The van der Waals surface area contributed by atoms with Crippen LogP contribution < -0.4 is 5.73 Å². The molecule has 1 aromatic carbocycles. The van der Waals surface area contributed by atoms with E-state index in [1.54, 1.807) is 22.9 Å². The Morgan fingerprint density at radius 1 is 1.24 bits per heavy atom. The zero-order valence-electron chi connectivity index (χ0n) is 9.61. The molecule has 0 atom stereocenters. The Balaban J connectivity index is 2.56. The summed E-state index contributed by atoms with van der Waals surface area (Å²) >= 11 is 12.1. The molecule has 2 N–H and O–H groups in total. The maximum Gasteiger partial charge on any atom is 0.127 e. The third kappa shape index (κ3) is 2.40. The van der Waals surface area contributed by atoms with E-state index in [4.69, 9.17) is 28.9 Å². The summed E-state index contributed by atoms with van der Waals surface area (Å²) in [6.45, 7) is 4.12. The fraction of sp³-hybridized carbons (Fsp3) is 0.250. The molecule has 1 heterocycles. The van der Waals surface area contributed by atoms with E-state index in [1.165, 1.54) is 0 Å². The van der Waals surface area contributed by atoms with E-state index >= 15 is 0 Å². The van der Waals surface area contributed by atoms with Gasteiger partial charge in [0.05, 0.1) is 16.4 Å². The lowest BCUT2D eigenvalue weighted by Gasteiger charge is -2.07. The summed E-state index contributed by atoms with van der Waals surface area (Å²) < 4.78 is 1.61. The van der Waals surface area contributed by atoms with E-state index in [1.807, 2.05) is 6.07 Å². The average Bonchev–Trinajstić information content (AvgIpc) is 2.64. The van der Waals surface area contributed by atoms with Gasteiger partial charge in [-0.1, -0.05) is 37.0 Å². The zero-order chi connectivity index (χ0) is 12.6. The van der Waals surface area contributed by atoms with E-state index in [-0.39, 0.29) is 0 Å². The molecule has 0 saturated carbocycles. The molecule has 0 bridgehead atoms. The number of halogens is 2. The van der Waals surface area contributed by atoms with Crippen LogP contribution in [-0.4, -0.2) is 9.78 Å². The number of benzene rings is 1. The highest BCUT2D eigenvalue weighted by molar-refractivity contribution is 6.34. The normalized spacial score (nSPS) is 11.1. The molecule has 90 valence electrons. The van der Waals surface area contributed by atoms with Crippen molar-refractivity contribution in [2.75, 3.05) is 5.73 Å². The highest BCUT2D eigenvalue weighted by Gasteiger charge is 2.12. The Bertz CT molecular complexity index is 547. The first kappa shape index (κ1) is 12.3. The molecule has 0 aliphatic carbocycles. The largest absolute Gasteiger partial charge is 0.384 e. The molecule has 0 unspecified atom stereocenters. The second-order valence-corrected chi connectivity index (χ2v) is 5.00. The Kier molecular flexibility index (Phi) is 3.31. The number of rotatable bonds is 2. The molecule has 5 heteroatoms. The van der Waals surface area contributed by atoms with E-state index in [0.717, 1.165) is 5.69 Å². The minimum absolute atomic E-state index is 0.316. The number of hydrogen-bond acceptors (Lipinski definition) is 2. The summed E-state index contributed by atoms with van der Waals surface area (Å²) in [5.41, 5.74) is 7.56. The summed E-state index contributed by atoms with van der Waals surface area (Å²) in [7, 11) is 0. The van der Waals surface area contributed by atoms with Crippen LogP contribution in [0, 0.1) is 0 Å². The summed E-state index contributed by atoms with van der Waals surface area (Å²) in [6, 6.07) is 7.06. The van der Waals surface area contributed by atoms with Gasteiger partial charge in [0, 0.05) is 11.1 Å². The van der Waals surface area contributed by atoms with Crippen LogP contribution in [0.2, 0.25) is 10.0 Å². The van der Waals surface area contributed by atoms with E-state index in [9.17, 15) is 0 Å². The van der Waals surface area contributed by atoms with Gasteiger partial charge in [-0.3, -0.25) is 0 Å². The van der Waals surface area contributed by atoms with Gasteiger partial charge in [0.25, 0.3) is 0 Å². The molecular formula is C12H13Cl2N3. The van der Waals surface area contributed by atoms with Crippen LogP contribution >= 0.6 is 23.2 Å². The van der Waals surface area contributed by atoms with Gasteiger partial charge < -0.3 is 5.73 Å². The standard InChI is InChI=1S/C12H13Cl2N3/c1-7(2)10-6-12(15)17(16-10)11-5-8(13)3-4-9(11)14/h3-7H,15H2,1-2H3. The molecule has 0 saturated heterocycles. The number of hydrogen-bond donors (Lipinski definition) is 1. The van der Waals surface area contributed by atoms with Crippen molar-refractivity contribution >= 4 is 29.0 Å². The van der Waals surface area contributed by atoms with Crippen molar-refractivity contribution < 1.29 is 0 Å². The highest BCUT2D eigenvalue weighted by Crippen LogP contribution is 2.27. The first-order chi connectivity index (χ1) is 7.99. The third-order valence-corrected chi connectivity index (χ3v) is 3.04. The summed E-state index contributed by atoms with van der Waals surface area (Å²) in [4.78, 5) is 0. The fourth-order valence-electron chi connectivity index (χ4n) is 1.54. The van der Waals surface area contributed by atoms with Gasteiger partial charge in [0.15, 0.2) is 0 Å². The lowest BCUT2D eigenvalue weighted by atomic mass is 10.1. The van der Waals surface area contributed by atoms with Crippen molar-refractivity contribution in [3.05, 3.63) is 40.0 Å². The molecule has 0 fully saturated rings. The topological polar surface area (TPSA) is 43.8 Å². The summed E-state index contributed by atoms with van der Waals surface area (Å²) in [6.07, 6.45) is 0. The summed E-state index contributed by atoms with van der Waals surface area (Å²) in [5, 5.41) is 5.60. The van der Waals surface area contributed by atoms with Crippen LogP contribution in [0.15, 0.2) is 24.3 Å². The molecule has 2 aromatic rings. The van der Waals surface area contributed by atoms with Crippen LogP contribution in [0.1, 0.15) is 25.5 Å². The molecular weight excluding hydrogens is 257 g/mol. The van der Waals surface area contributed by atoms with Gasteiger partial charge in [-0.05, 0) is 24.1 Å². The SMILES string of the molecule is CC(C)c1cc(N)n(-c2cc(Cl)ccc2Cl)n1. The smallest absolute Gasteiger partial charge is 0.127 e. The minimum Gasteiger partial charge on any atom is -0.384 e. The van der Waals surface area contributed by atoms with Crippen molar-refractivity contribution in [3.8, 4) is 5.69 Å². The zero-order valence-corrected chi connectivity index (χ0v) is 11.1. The van der Waals surface area contributed by atoms with Crippen molar-refractivity contribution in [3.63, 3.8) is 0 Å². The number of aromatic nitrogens is 2. The Morgan fingerprint density at radius 2 is 1.94 bits per heavy atom.